The molecule has 0 saturated heterocycles. The molecule has 0 aromatic heterocycles. The quantitative estimate of drug-likeness (QED) is 0.177. The van der Waals surface area contributed by atoms with Crippen LogP contribution in [0.15, 0.2) is 36.5 Å². The zero-order valence-electron chi connectivity index (χ0n) is 20.5. The number of carbonyl (C=O) groups excluding carboxylic acids is 3. The minimum atomic E-state index is -7.75. The van der Waals surface area contributed by atoms with Gasteiger partial charge in [-0.15, -0.1) is 0 Å². The Bertz CT molecular complexity index is 1140. The second-order valence-electron chi connectivity index (χ2n) is 9.66. The highest BCUT2D eigenvalue weighted by atomic mass is 19.3. The lowest BCUT2D eigenvalue weighted by molar-refractivity contribution is -0.628. The molecular formula is C22H15F13O6. The summed E-state index contributed by atoms with van der Waals surface area (Å²) in [4.78, 5) is 36.3. The van der Waals surface area contributed by atoms with E-state index in [9.17, 15) is 14.4 Å². The summed E-state index contributed by atoms with van der Waals surface area (Å²) in [5.41, 5.74) is -33.4. The van der Waals surface area contributed by atoms with Crippen molar-refractivity contribution in [2.45, 2.75) is 78.8 Å². The van der Waals surface area contributed by atoms with Gasteiger partial charge in [-0.25, -0.2) is 18.8 Å². The molecule has 0 heterocycles. The van der Waals surface area contributed by atoms with Crippen LogP contribution in [0.25, 0.3) is 0 Å². The molecule has 230 valence electrons. The van der Waals surface area contributed by atoms with Crippen LogP contribution in [0, 0.1) is 0 Å². The van der Waals surface area contributed by atoms with Crippen molar-refractivity contribution >= 4 is 17.9 Å². The normalized spacial score (nSPS) is 37.5. The standard InChI is InChI=1S/C22H15F13O6/c1-7(2)10(36)39-14-17(24,25)13(23)18(26,27)15(20(14,30)31,40-11(37)8(3)4)22(34,35)16(19(13,28)29,21(14,32)33)41-12(38)9(5)6/h1,3,5H2,2,4,6H3. The summed E-state index contributed by atoms with van der Waals surface area (Å²) < 4.78 is 216. The number of alkyl halides is 13. The van der Waals surface area contributed by atoms with Crippen molar-refractivity contribution in [3.8, 4) is 0 Å². The first-order valence-corrected chi connectivity index (χ1v) is 10.6. The van der Waals surface area contributed by atoms with Gasteiger partial charge in [-0.1, -0.05) is 19.7 Å². The highest BCUT2D eigenvalue weighted by Gasteiger charge is 3.25. The van der Waals surface area contributed by atoms with Gasteiger partial charge in [-0.2, -0.15) is 52.7 Å². The molecule has 4 rings (SSSR count). The molecule has 4 fully saturated rings. The summed E-state index contributed by atoms with van der Waals surface area (Å²) in [5.74, 6) is -54.7. The van der Waals surface area contributed by atoms with Gasteiger partial charge in [0.25, 0.3) is 0 Å². The number of halogens is 13. The maximum Gasteiger partial charge on any atom is 0.350 e. The molecular weight excluding hydrogens is 607 g/mol. The smallest absolute Gasteiger partial charge is 0.350 e. The summed E-state index contributed by atoms with van der Waals surface area (Å²) in [6.07, 6.45) is 0. The van der Waals surface area contributed by atoms with Crippen LogP contribution < -0.4 is 0 Å². The number of ether oxygens (including phenoxy) is 3. The van der Waals surface area contributed by atoms with Crippen LogP contribution in [0.1, 0.15) is 20.8 Å². The number of hydrogen-bond donors (Lipinski definition) is 0. The molecule has 0 amide bonds. The number of hydrogen-bond acceptors (Lipinski definition) is 6. The van der Waals surface area contributed by atoms with E-state index in [1.165, 1.54) is 0 Å². The van der Waals surface area contributed by atoms with Crippen LogP contribution in [0.5, 0.6) is 0 Å². The minimum Gasteiger partial charge on any atom is -0.436 e. The lowest BCUT2D eigenvalue weighted by atomic mass is 9.38. The second kappa shape index (κ2) is 7.76. The van der Waals surface area contributed by atoms with Crippen LogP contribution in [0.4, 0.5) is 57.1 Å². The first kappa shape index (κ1) is 32.2. The first-order chi connectivity index (χ1) is 18.0. The Balaban J connectivity index is 2.81. The summed E-state index contributed by atoms with van der Waals surface area (Å²) in [6.45, 7) is 8.97. The molecule has 0 aromatic carbocycles. The van der Waals surface area contributed by atoms with Crippen LogP contribution in [-0.4, -0.2) is 75.9 Å². The van der Waals surface area contributed by atoms with Crippen molar-refractivity contribution in [2.24, 2.45) is 0 Å². The van der Waals surface area contributed by atoms with Crippen molar-refractivity contribution in [2.75, 3.05) is 0 Å². The Labute approximate surface area is 219 Å². The third-order valence-electron chi connectivity index (χ3n) is 7.06. The molecule has 4 bridgehead atoms. The SMILES string of the molecule is C=C(C)C(=O)OC12C(F)(F)C3(F)C(F)(F)C(OC(=O)C(=C)C)(C1(F)F)C(F)(F)C(OC(=O)C(=C)C)(C3(F)F)C2(F)F. The Morgan fingerprint density at radius 1 is 0.415 bits per heavy atom. The average Bonchev–Trinajstić information content (AvgIpc) is 2.78. The molecule has 0 aliphatic heterocycles. The average molecular weight is 622 g/mol. The molecule has 4 saturated carbocycles. The zero-order valence-corrected chi connectivity index (χ0v) is 20.5. The van der Waals surface area contributed by atoms with E-state index in [1.54, 1.807) is 0 Å². The van der Waals surface area contributed by atoms with Gasteiger partial charge in [0.2, 0.25) is 0 Å². The van der Waals surface area contributed by atoms with Gasteiger partial charge >= 0.3 is 75.9 Å². The lowest BCUT2D eigenvalue weighted by Gasteiger charge is -2.76. The van der Waals surface area contributed by atoms with Gasteiger partial charge in [0.1, 0.15) is 0 Å². The van der Waals surface area contributed by atoms with Crippen LogP contribution >= 0.6 is 0 Å². The van der Waals surface area contributed by atoms with Crippen LogP contribution in [0.3, 0.4) is 0 Å². The number of carbonyl (C=O) groups is 3. The van der Waals surface area contributed by atoms with Crippen molar-refractivity contribution < 1.29 is 85.7 Å². The molecule has 4 aliphatic carbocycles. The zero-order chi connectivity index (χ0) is 32.6. The maximum absolute atomic E-state index is 16.0. The van der Waals surface area contributed by atoms with Gasteiger partial charge in [0, 0.05) is 16.7 Å². The molecule has 0 aromatic rings. The summed E-state index contributed by atoms with van der Waals surface area (Å²) in [6, 6.07) is 0. The van der Waals surface area contributed by atoms with E-state index in [0.29, 0.717) is 20.8 Å². The predicted octanol–water partition coefficient (Wildman–Crippen LogP) is 5.12. The van der Waals surface area contributed by atoms with Gasteiger partial charge < -0.3 is 14.2 Å². The molecule has 19 heteroatoms. The fourth-order valence-corrected chi connectivity index (χ4v) is 5.09. The van der Waals surface area contributed by atoms with Crippen LogP contribution in [-0.2, 0) is 28.6 Å². The van der Waals surface area contributed by atoms with Gasteiger partial charge in [-0.05, 0) is 20.8 Å². The van der Waals surface area contributed by atoms with E-state index < -0.39 is 92.6 Å². The molecule has 4 aliphatic rings. The Hall–Kier alpha value is -3.28. The molecule has 6 nitrogen and oxygen atoms in total. The third kappa shape index (κ3) is 2.55. The maximum atomic E-state index is 16.0. The predicted molar refractivity (Wildman–Crippen MR) is 104 cm³/mol. The fraction of sp³-hybridized carbons (Fsp3) is 0.591. The van der Waals surface area contributed by atoms with E-state index in [1.807, 2.05) is 0 Å². The largest absolute Gasteiger partial charge is 0.436 e. The van der Waals surface area contributed by atoms with Crippen molar-refractivity contribution in [1.82, 2.24) is 0 Å². The highest BCUT2D eigenvalue weighted by Crippen LogP contribution is 2.88. The van der Waals surface area contributed by atoms with Crippen molar-refractivity contribution in [3.05, 3.63) is 36.5 Å². The molecule has 0 radical (unpaired) electrons. The van der Waals surface area contributed by atoms with Crippen molar-refractivity contribution in [3.63, 3.8) is 0 Å². The number of rotatable bonds is 6. The molecule has 41 heavy (non-hydrogen) atoms. The van der Waals surface area contributed by atoms with E-state index in [0.717, 1.165) is 0 Å². The van der Waals surface area contributed by atoms with E-state index >= 15 is 57.1 Å². The first-order valence-electron chi connectivity index (χ1n) is 10.6. The third-order valence-corrected chi connectivity index (χ3v) is 7.06. The molecule has 0 atom stereocenters. The Kier molecular flexibility index (Phi) is 6.10. The van der Waals surface area contributed by atoms with Gasteiger partial charge in [-0.3, -0.25) is 0 Å². The lowest BCUT2D eigenvalue weighted by Crippen LogP contribution is -3.12. The molecule has 0 N–H and O–H groups in total. The van der Waals surface area contributed by atoms with Crippen molar-refractivity contribution in [1.29, 1.82) is 0 Å². The summed E-state index contributed by atoms with van der Waals surface area (Å²) in [5, 5.41) is 0. The molecule has 0 unspecified atom stereocenters. The van der Waals surface area contributed by atoms with Gasteiger partial charge in [0.15, 0.2) is 0 Å². The number of esters is 3. The fourth-order valence-electron chi connectivity index (χ4n) is 5.09. The summed E-state index contributed by atoms with van der Waals surface area (Å²) in [7, 11) is 0. The molecule has 0 spiro atoms. The van der Waals surface area contributed by atoms with E-state index in [4.69, 9.17) is 0 Å². The second-order valence-corrected chi connectivity index (χ2v) is 9.66. The van der Waals surface area contributed by atoms with E-state index in [2.05, 4.69) is 33.9 Å². The topological polar surface area (TPSA) is 78.9 Å². The van der Waals surface area contributed by atoms with Gasteiger partial charge in [0.05, 0.1) is 0 Å². The monoisotopic (exact) mass is 622 g/mol. The summed E-state index contributed by atoms with van der Waals surface area (Å²) >= 11 is 0. The van der Waals surface area contributed by atoms with E-state index in [-0.39, 0.29) is 0 Å². The highest BCUT2D eigenvalue weighted by molar-refractivity contribution is 5.90. The van der Waals surface area contributed by atoms with Crippen LogP contribution in [0.2, 0.25) is 0 Å². The Morgan fingerprint density at radius 3 is 0.732 bits per heavy atom. The Morgan fingerprint density at radius 2 is 0.585 bits per heavy atom. The minimum absolute atomic E-state index is 0.355.